The van der Waals surface area contributed by atoms with Crippen molar-refractivity contribution in [2.45, 2.75) is 26.3 Å². The number of sulfonamides is 1. The van der Waals surface area contributed by atoms with E-state index in [1.165, 1.54) is 28.8 Å². The van der Waals surface area contributed by atoms with Crippen LogP contribution in [-0.2, 0) is 27.8 Å². The molecule has 1 aromatic heterocycles. The Morgan fingerprint density at radius 2 is 2.06 bits per heavy atom. The highest BCUT2D eigenvalue weighted by Gasteiger charge is 2.25. The van der Waals surface area contributed by atoms with E-state index in [-0.39, 0.29) is 17.8 Å². The van der Waals surface area contributed by atoms with E-state index in [9.17, 15) is 13.2 Å². The molecule has 1 fully saturated rings. The number of amides is 1. The minimum Gasteiger partial charge on any atom is -0.370 e. The molecule has 2 aliphatic rings. The van der Waals surface area contributed by atoms with Crippen LogP contribution >= 0.6 is 11.3 Å². The second kappa shape index (κ2) is 10.9. The van der Waals surface area contributed by atoms with E-state index in [0.29, 0.717) is 50.0 Å². The van der Waals surface area contributed by atoms with Gasteiger partial charge in [0.1, 0.15) is 0 Å². The minimum atomic E-state index is -3.17. The first kappa shape index (κ1) is 24.9. The molecule has 1 atom stereocenters. The first-order chi connectivity index (χ1) is 15.6. The lowest BCUT2D eigenvalue weighted by Crippen LogP contribution is -2.47. The van der Waals surface area contributed by atoms with Crippen LogP contribution in [0.5, 0.6) is 0 Å². The summed E-state index contributed by atoms with van der Waals surface area (Å²) in [6.45, 7) is 4.36. The molecule has 0 radical (unpaired) electrons. The second-order valence-corrected chi connectivity index (χ2v) is 11.0. The topological polar surface area (TPSA) is 147 Å². The Kier molecular flexibility index (Phi) is 8.25. The lowest BCUT2D eigenvalue weighted by Gasteiger charge is -2.33. The summed E-state index contributed by atoms with van der Waals surface area (Å²) in [5.41, 5.74) is 12.4. The third-order valence-corrected chi connectivity index (χ3v) is 7.47. The normalized spacial score (nSPS) is 19.2. The van der Waals surface area contributed by atoms with E-state index < -0.39 is 10.0 Å². The quantitative estimate of drug-likeness (QED) is 0.272. The molecule has 1 aliphatic heterocycles. The van der Waals surface area contributed by atoms with Crippen LogP contribution in [0.15, 0.2) is 28.9 Å². The number of hydrogen-bond acceptors (Lipinski definition) is 7. The zero-order valence-electron chi connectivity index (χ0n) is 18.7. The third-order valence-electron chi connectivity index (χ3n) is 5.17. The van der Waals surface area contributed by atoms with Gasteiger partial charge >= 0.3 is 0 Å². The van der Waals surface area contributed by atoms with Crippen molar-refractivity contribution in [2.75, 3.05) is 37.8 Å². The maximum absolute atomic E-state index is 11.8. The van der Waals surface area contributed by atoms with E-state index in [1.807, 2.05) is 12.2 Å². The molecular weight excluding hydrogens is 462 g/mol. The molecule has 1 aromatic rings. The van der Waals surface area contributed by atoms with Crippen LogP contribution in [-0.4, -0.2) is 66.9 Å². The van der Waals surface area contributed by atoms with Gasteiger partial charge in [0.25, 0.3) is 0 Å². The number of thiazole rings is 1. The summed E-state index contributed by atoms with van der Waals surface area (Å²) in [5, 5.41) is 3.35. The average Bonchev–Trinajstić information content (AvgIpc) is 2.94. The molecule has 1 unspecified atom stereocenters. The first-order valence-corrected chi connectivity index (χ1v) is 13.2. The maximum atomic E-state index is 11.8. The molecule has 0 aromatic carbocycles. The highest BCUT2D eigenvalue weighted by atomic mass is 32.2. The number of nitrogens with two attached hydrogens (primary N) is 2. The van der Waals surface area contributed by atoms with Crippen molar-refractivity contribution in [3.8, 4) is 11.8 Å². The highest BCUT2D eigenvalue weighted by Crippen LogP contribution is 2.27. The Labute approximate surface area is 198 Å². The molecule has 33 heavy (non-hydrogen) atoms. The van der Waals surface area contributed by atoms with E-state index in [2.05, 4.69) is 32.0 Å². The molecule has 12 heteroatoms. The van der Waals surface area contributed by atoms with E-state index >= 15 is 0 Å². The molecule has 5 N–H and O–H groups in total. The molecule has 10 nitrogen and oxygen atoms in total. The van der Waals surface area contributed by atoms with E-state index in [4.69, 9.17) is 11.5 Å². The number of rotatable bonds is 8. The molecule has 0 saturated carbocycles. The molecule has 1 amide bonds. The van der Waals surface area contributed by atoms with Gasteiger partial charge in [-0.1, -0.05) is 17.9 Å². The smallest absolute Gasteiger partial charge is 0.223 e. The van der Waals surface area contributed by atoms with Crippen LogP contribution in [0.2, 0.25) is 0 Å². The summed E-state index contributed by atoms with van der Waals surface area (Å²) >= 11 is 1.46. The number of anilines is 1. The van der Waals surface area contributed by atoms with Gasteiger partial charge in [-0.2, -0.15) is 4.31 Å². The molecule has 178 valence electrons. The van der Waals surface area contributed by atoms with Crippen molar-refractivity contribution < 1.29 is 13.2 Å². The lowest BCUT2D eigenvalue weighted by atomic mass is 10.0. The number of nitrogens with zero attached hydrogens (tertiary/aromatic N) is 4. The van der Waals surface area contributed by atoms with Gasteiger partial charge < -0.3 is 16.8 Å². The van der Waals surface area contributed by atoms with Crippen LogP contribution < -0.4 is 16.8 Å². The number of carbonyl (C=O) groups is 1. The number of guanidine groups is 1. The minimum absolute atomic E-state index is 0.0128. The summed E-state index contributed by atoms with van der Waals surface area (Å²) in [5.74, 6) is 6.01. The molecule has 1 saturated heterocycles. The summed E-state index contributed by atoms with van der Waals surface area (Å²) in [6, 6.07) is 0. The number of nitrogens with one attached hydrogen (secondary N) is 1. The molecule has 3 rings (SSSR count). The average molecular weight is 492 g/mol. The Morgan fingerprint density at radius 1 is 1.33 bits per heavy atom. The van der Waals surface area contributed by atoms with Gasteiger partial charge in [0.15, 0.2) is 11.1 Å². The van der Waals surface area contributed by atoms with Gasteiger partial charge in [-0.3, -0.25) is 9.69 Å². The second-order valence-electron chi connectivity index (χ2n) is 7.91. The van der Waals surface area contributed by atoms with Crippen molar-refractivity contribution in [2.24, 2.45) is 22.4 Å². The Hall–Kier alpha value is -2.72. The van der Waals surface area contributed by atoms with Crippen molar-refractivity contribution in [1.82, 2.24) is 14.2 Å². The lowest BCUT2D eigenvalue weighted by molar-refractivity contribution is -0.114. The van der Waals surface area contributed by atoms with Crippen LogP contribution in [0.25, 0.3) is 0 Å². The zero-order valence-corrected chi connectivity index (χ0v) is 20.4. The molecular formula is C21H29N7O3S2. The summed E-state index contributed by atoms with van der Waals surface area (Å²) in [6.07, 6.45) is 8.17. The van der Waals surface area contributed by atoms with Gasteiger partial charge in [0.2, 0.25) is 15.9 Å². The predicted octanol–water partition coefficient (Wildman–Crippen LogP) is 0.458. The van der Waals surface area contributed by atoms with Gasteiger partial charge in [0, 0.05) is 56.5 Å². The number of carbonyl (C=O) groups excluding carboxylic acids is 1. The van der Waals surface area contributed by atoms with E-state index in [0.717, 1.165) is 17.0 Å². The van der Waals surface area contributed by atoms with Gasteiger partial charge in [-0.25, -0.2) is 18.4 Å². The monoisotopic (exact) mass is 491 g/mol. The Bertz CT molecular complexity index is 1130. The SMILES string of the molecule is CC(=O)Nc1nc(CCC2C#CC=C(N=C(N)N)C=C2)c(CN2CCN(S(C)(=O)=O)CC2)s1. The Morgan fingerprint density at radius 3 is 2.70 bits per heavy atom. The number of aliphatic imine (C=N–C) groups is 1. The van der Waals surface area contributed by atoms with Crippen molar-refractivity contribution >= 4 is 38.4 Å². The number of aryl methyl sites for hydroxylation is 1. The van der Waals surface area contributed by atoms with Crippen molar-refractivity contribution in [3.63, 3.8) is 0 Å². The van der Waals surface area contributed by atoms with Crippen molar-refractivity contribution in [3.05, 3.63) is 34.5 Å². The number of hydrogen-bond donors (Lipinski definition) is 3. The summed E-state index contributed by atoms with van der Waals surface area (Å²) in [7, 11) is -3.17. The highest BCUT2D eigenvalue weighted by molar-refractivity contribution is 7.88. The fourth-order valence-electron chi connectivity index (χ4n) is 3.54. The van der Waals surface area contributed by atoms with Crippen LogP contribution in [0.1, 0.15) is 23.9 Å². The van der Waals surface area contributed by atoms with Gasteiger partial charge in [-0.05, 0) is 18.9 Å². The fourth-order valence-corrected chi connectivity index (χ4v) is 5.46. The molecule has 1 aliphatic carbocycles. The van der Waals surface area contributed by atoms with Crippen molar-refractivity contribution in [1.29, 1.82) is 0 Å². The molecule has 0 spiro atoms. The summed E-state index contributed by atoms with van der Waals surface area (Å²) < 4.78 is 25.0. The Balaban J connectivity index is 1.66. The third kappa shape index (κ3) is 7.68. The standard InChI is InChI=1S/C21H29N7O3S2/c1-15(29)24-21-26-18(9-7-16-4-3-5-17(8-6-16)25-20(22)23)19(32-21)14-27-10-12-28(13-11-27)33(2,30)31/h5-6,8,16H,7,9-14H2,1-2H3,(H4,22,23,25)(H,24,26,29). The van der Waals surface area contributed by atoms with Crippen LogP contribution in [0, 0.1) is 17.8 Å². The van der Waals surface area contributed by atoms with Gasteiger partial charge in [0.05, 0.1) is 17.6 Å². The van der Waals surface area contributed by atoms with Gasteiger partial charge in [-0.15, -0.1) is 11.3 Å². The summed E-state index contributed by atoms with van der Waals surface area (Å²) in [4.78, 5) is 23.5. The number of aromatic nitrogens is 1. The zero-order chi connectivity index (χ0) is 24.0. The maximum Gasteiger partial charge on any atom is 0.223 e. The molecule has 2 heterocycles. The predicted molar refractivity (Wildman–Crippen MR) is 131 cm³/mol. The fraction of sp³-hybridized carbons (Fsp3) is 0.476. The van der Waals surface area contributed by atoms with E-state index in [1.54, 1.807) is 6.08 Å². The van der Waals surface area contributed by atoms with Crippen LogP contribution in [0.4, 0.5) is 5.13 Å². The number of piperazine rings is 1. The molecule has 0 bridgehead atoms. The first-order valence-electron chi connectivity index (χ1n) is 10.5. The number of allylic oxidation sites excluding steroid dienone is 3. The largest absolute Gasteiger partial charge is 0.370 e. The van der Waals surface area contributed by atoms with Crippen LogP contribution in [0.3, 0.4) is 0 Å².